The zero-order valence-corrected chi connectivity index (χ0v) is 14.8. The van der Waals surface area contributed by atoms with Crippen LogP contribution >= 0.6 is 45.8 Å². The van der Waals surface area contributed by atoms with Gasteiger partial charge in [-0.1, -0.05) is 23.2 Å². The van der Waals surface area contributed by atoms with Gasteiger partial charge in [0.05, 0.1) is 17.0 Å². The van der Waals surface area contributed by atoms with Crippen molar-refractivity contribution >= 4 is 57.7 Å². The fraction of sp³-hybridized carbons (Fsp3) is 0.429. The molecule has 7 heteroatoms. The molecule has 2 rings (SSSR count). The van der Waals surface area contributed by atoms with Crippen LogP contribution in [0.15, 0.2) is 12.1 Å². The third-order valence-electron chi connectivity index (χ3n) is 3.52. The number of carboxylic acids is 1. The van der Waals surface area contributed by atoms with Crippen molar-refractivity contribution in [2.45, 2.75) is 31.7 Å². The lowest BCUT2D eigenvalue weighted by Crippen LogP contribution is -2.45. The molecule has 1 N–H and O–H groups in total. The molecule has 0 spiro atoms. The number of amides is 1. The number of piperidine rings is 1. The first-order valence-corrected chi connectivity index (χ1v) is 8.41. The average molecular weight is 442 g/mol. The first-order valence-electron chi connectivity index (χ1n) is 6.57. The fourth-order valence-electron chi connectivity index (χ4n) is 2.55. The summed E-state index contributed by atoms with van der Waals surface area (Å²) in [6.45, 7) is 0.566. The van der Waals surface area contributed by atoms with E-state index in [1.165, 1.54) is 0 Å². The molecule has 1 heterocycles. The summed E-state index contributed by atoms with van der Waals surface area (Å²) >= 11 is 14.1. The van der Waals surface area contributed by atoms with E-state index in [2.05, 4.69) is 0 Å². The van der Waals surface area contributed by atoms with Crippen LogP contribution in [-0.4, -0.2) is 34.5 Å². The molecule has 0 saturated carbocycles. The Hall–Kier alpha value is -0.530. The topological polar surface area (TPSA) is 57.6 Å². The van der Waals surface area contributed by atoms with E-state index in [1.807, 2.05) is 22.6 Å². The molecule has 0 aliphatic carbocycles. The van der Waals surface area contributed by atoms with Gasteiger partial charge in [0.1, 0.15) is 0 Å². The monoisotopic (exact) mass is 441 g/mol. The van der Waals surface area contributed by atoms with E-state index in [0.29, 0.717) is 32.1 Å². The second-order valence-corrected chi connectivity index (χ2v) is 6.92. The summed E-state index contributed by atoms with van der Waals surface area (Å²) in [6, 6.07) is 2.91. The highest BCUT2D eigenvalue weighted by Gasteiger charge is 2.30. The van der Waals surface area contributed by atoms with E-state index in [4.69, 9.17) is 28.3 Å². The van der Waals surface area contributed by atoms with Crippen LogP contribution in [0.25, 0.3) is 0 Å². The van der Waals surface area contributed by atoms with Crippen LogP contribution in [0, 0.1) is 3.57 Å². The van der Waals surface area contributed by atoms with E-state index in [0.717, 1.165) is 12.8 Å². The van der Waals surface area contributed by atoms with Gasteiger partial charge < -0.3 is 10.0 Å². The molecule has 1 aromatic rings. The molecule has 1 saturated heterocycles. The van der Waals surface area contributed by atoms with Crippen LogP contribution in [0.4, 0.5) is 0 Å². The SMILES string of the molecule is O=C(O)CC1CCCCN1C(=O)c1cc(Cl)cc(Cl)c1I. The Bertz CT molecular complexity index is 580. The molecule has 21 heavy (non-hydrogen) atoms. The molecule has 4 nitrogen and oxygen atoms in total. The predicted molar refractivity (Wildman–Crippen MR) is 90.1 cm³/mol. The number of carbonyl (C=O) groups excluding carboxylic acids is 1. The summed E-state index contributed by atoms with van der Waals surface area (Å²) in [5.41, 5.74) is 0.436. The maximum atomic E-state index is 12.7. The zero-order valence-electron chi connectivity index (χ0n) is 11.1. The van der Waals surface area contributed by atoms with Crippen molar-refractivity contribution in [3.63, 3.8) is 0 Å². The largest absolute Gasteiger partial charge is 0.481 e. The molecule has 0 aromatic heterocycles. The minimum atomic E-state index is -0.890. The molecular weight excluding hydrogens is 428 g/mol. The van der Waals surface area contributed by atoms with E-state index >= 15 is 0 Å². The third-order valence-corrected chi connectivity index (χ3v) is 5.52. The van der Waals surface area contributed by atoms with Gasteiger partial charge >= 0.3 is 5.97 Å². The summed E-state index contributed by atoms with van der Waals surface area (Å²) in [6.07, 6.45) is 2.50. The second-order valence-electron chi connectivity index (χ2n) is 5.00. The average Bonchev–Trinajstić information content (AvgIpc) is 2.42. The number of rotatable bonds is 3. The molecule has 1 atom stereocenters. The number of halogens is 3. The third kappa shape index (κ3) is 4.02. The molecule has 1 aliphatic rings. The van der Waals surface area contributed by atoms with Gasteiger partial charge in [0.25, 0.3) is 5.91 Å². The molecule has 1 amide bonds. The Morgan fingerprint density at radius 2 is 2.05 bits per heavy atom. The van der Waals surface area contributed by atoms with Gasteiger partial charge in [-0.3, -0.25) is 9.59 Å². The quantitative estimate of drug-likeness (QED) is 0.568. The lowest BCUT2D eigenvalue weighted by molar-refractivity contribution is -0.138. The van der Waals surface area contributed by atoms with E-state index in [1.54, 1.807) is 17.0 Å². The summed E-state index contributed by atoms with van der Waals surface area (Å²) in [7, 11) is 0. The number of hydrogen-bond donors (Lipinski definition) is 1. The van der Waals surface area contributed by atoms with Crippen LogP contribution in [-0.2, 0) is 4.79 Å². The Morgan fingerprint density at radius 3 is 2.71 bits per heavy atom. The second kappa shape index (κ2) is 7.15. The minimum absolute atomic E-state index is 0.0311. The first kappa shape index (κ1) is 16.8. The van der Waals surface area contributed by atoms with E-state index in [-0.39, 0.29) is 18.4 Å². The smallest absolute Gasteiger partial charge is 0.305 e. The van der Waals surface area contributed by atoms with Crippen molar-refractivity contribution in [1.82, 2.24) is 4.90 Å². The molecular formula is C14H14Cl2INO3. The van der Waals surface area contributed by atoms with Gasteiger partial charge in [-0.2, -0.15) is 0 Å². The van der Waals surface area contributed by atoms with Gasteiger partial charge in [0, 0.05) is 21.2 Å². The standard InChI is InChI=1S/C14H14Cl2INO3/c15-8-5-10(13(17)11(16)6-8)14(21)18-4-2-1-3-9(18)7-12(19)20/h5-6,9H,1-4,7H2,(H,19,20). The van der Waals surface area contributed by atoms with Crippen LogP contribution in [0.3, 0.4) is 0 Å². The van der Waals surface area contributed by atoms with Crippen molar-refractivity contribution in [1.29, 1.82) is 0 Å². The molecule has 1 aromatic carbocycles. The van der Waals surface area contributed by atoms with Crippen molar-refractivity contribution in [2.24, 2.45) is 0 Å². The first-order chi connectivity index (χ1) is 9.90. The van der Waals surface area contributed by atoms with Crippen molar-refractivity contribution in [2.75, 3.05) is 6.54 Å². The summed E-state index contributed by atoms with van der Waals surface area (Å²) < 4.78 is 0.642. The molecule has 0 radical (unpaired) electrons. The Kier molecular flexibility index (Phi) is 5.73. The van der Waals surface area contributed by atoms with Crippen molar-refractivity contribution in [3.8, 4) is 0 Å². The molecule has 1 aliphatic heterocycles. The van der Waals surface area contributed by atoms with Gasteiger partial charge in [-0.05, 0) is 54.0 Å². The van der Waals surface area contributed by atoms with E-state index in [9.17, 15) is 9.59 Å². The summed E-state index contributed by atoms with van der Waals surface area (Å²) in [5, 5.41) is 9.82. The highest BCUT2D eigenvalue weighted by atomic mass is 127. The number of carboxylic acid groups (broad SMARTS) is 1. The number of nitrogens with zero attached hydrogens (tertiary/aromatic N) is 1. The number of likely N-dealkylation sites (tertiary alicyclic amines) is 1. The van der Waals surface area contributed by atoms with Gasteiger partial charge in [0.15, 0.2) is 0 Å². The molecule has 1 unspecified atom stereocenters. The normalized spacial score (nSPS) is 18.6. The van der Waals surface area contributed by atoms with Crippen molar-refractivity contribution < 1.29 is 14.7 Å². The lowest BCUT2D eigenvalue weighted by Gasteiger charge is -2.35. The minimum Gasteiger partial charge on any atom is -0.481 e. The summed E-state index contributed by atoms with van der Waals surface area (Å²) in [4.78, 5) is 25.3. The summed E-state index contributed by atoms with van der Waals surface area (Å²) in [5.74, 6) is -1.09. The van der Waals surface area contributed by atoms with Crippen molar-refractivity contribution in [3.05, 3.63) is 31.3 Å². The zero-order chi connectivity index (χ0) is 15.6. The highest BCUT2D eigenvalue weighted by Crippen LogP contribution is 2.30. The van der Waals surface area contributed by atoms with Crippen LogP contribution < -0.4 is 0 Å². The highest BCUT2D eigenvalue weighted by molar-refractivity contribution is 14.1. The maximum Gasteiger partial charge on any atom is 0.305 e. The number of carbonyl (C=O) groups is 2. The lowest BCUT2D eigenvalue weighted by atomic mass is 9.98. The number of aliphatic carboxylic acids is 1. The molecule has 0 bridgehead atoms. The number of benzene rings is 1. The van der Waals surface area contributed by atoms with Gasteiger partial charge in [-0.15, -0.1) is 0 Å². The van der Waals surface area contributed by atoms with E-state index < -0.39 is 5.97 Å². The van der Waals surface area contributed by atoms with Crippen LogP contribution in [0.2, 0.25) is 10.0 Å². The number of hydrogen-bond acceptors (Lipinski definition) is 2. The van der Waals surface area contributed by atoms with Crippen LogP contribution in [0.5, 0.6) is 0 Å². The Balaban J connectivity index is 2.31. The Labute approximate surface area is 146 Å². The maximum absolute atomic E-state index is 12.7. The molecule has 1 fully saturated rings. The van der Waals surface area contributed by atoms with Crippen LogP contribution in [0.1, 0.15) is 36.0 Å². The predicted octanol–water partition coefficient (Wildman–Crippen LogP) is 4.07. The molecule has 114 valence electrons. The van der Waals surface area contributed by atoms with Gasteiger partial charge in [-0.25, -0.2) is 0 Å². The fourth-order valence-corrected chi connectivity index (χ4v) is 3.58. The van der Waals surface area contributed by atoms with Gasteiger partial charge in [0.2, 0.25) is 0 Å². The Morgan fingerprint density at radius 1 is 1.33 bits per heavy atom.